The highest BCUT2D eigenvalue weighted by Gasteiger charge is 2.24. The van der Waals surface area contributed by atoms with Gasteiger partial charge in [0.2, 0.25) is 4.77 Å². The van der Waals surface area contributed by atoms with Gasteiger partial charge in [0.1, 0.15) is 5.75 Å². The van der Waals surface area contributed by atoms with E-state index in [1.165, 1.54) is 5.56 Å². The molecule has 2 aromatic carbocycles. The second kappa shape index (κ2) is 9.57. The number of hydrogen-bond donors (Lipinski definition) is 0. The second-order valence-corrected chi connectivity index (χ2v) is 9.18. The van der Waals surface area contributed by atoms with Gasteiger partial charge in [-0.15, -0.1) is 5.10 Å². The number of aromatic nitrogens is 3. The monoisotopic (exact) mass is 452 g/mol. The summed E-state index contributed by atoms with van der Waals surface area (Å²) in [6.45, 7) is 11.0. The standard InChI is InChI=1S/C25H32N4O2S/c1-17(2)22-8-6-7-9-23(22)29-24(20-10-12-21(30-5)13-11-20)26-28(25(29)32)16-27-14-18(3)31-19(4)15-27/h6-13,17-19H,14-16H2,1-5H3. The lowest BCUT2D eigenvalue weighted by Crippen LogP contribution is -2.46. The molecule has 7 heteroatoms. The predicted molar refractivity (Wildman–Crippen MR) is 130 cm³/mol. The lowest BCUT2D eigenvalue weighted by Gasteiger charge is -2.34. The Labute approximate surface area is 195 Å². The number of methoxy groups -OCH3 is 1. The molecule has 0 aliphatic carbocycles. The maximum atomic E-state index is 6.00. The van der Waals surface area contributed by atoms with Crippen LogP contribution in [-0.4, -0.2) is 51.7 Å². The fourth-order valence-electron chi connectivity index (χ4n) is 4.41. The van der Waals surface area contributed by atoms with Gasteiger partial charge < -0.3 is 9.47 Å². The molecule has 0 N–H and O–H groups in total. The largest absolute Gasteiger partial charge is 0.497 e. The maximum Gasteiger partial charge on any atom is 0.204 e. The Morgan fingerprint density at radius 1 is 1.06 bits per heavy atom. The van der Waals surface area contributed by atoms with Crippen LogP contribution in [0, 0.1) is 4.77 Å². The van der Waals surface area contributed by atoms with E-state index in [1.54, 1.807) is 7.11 Å². The fraction of sp³-hybridized carbons (Fsp3) is 0.440. The highest BCUT2D eigenvalue weighted by Crippen LogP contribution is 2.29. The number of para-hydroxylation sites is 1. The zero-order valence-electron chi connectivity index (χ0n) is 19.5. The Hall–Kier alpha value is -2.48. The summed E-state index contributed by atoms with van der Waals surface area (Å²) in [7, 11) is 1.68. The van der Waals surface area contributed by atoms with Gasteiger partial charge in [-0.3, -0.25) is 9.47 Å². The van der Waals surface area contributed by atoms with E-state index in [0.717, 1.165) is 35.9 Å². The number of ether oxygens (including phenoxy) is 2. The Balaban J connectivity index is 1.82. The smallest absolute Gasteiger partial charge is 0.204 e. The van der Waals surface area contributed by atoms with E-state index in [2.05, 4.69) is 61.4 Å². The third kappa shape index (κ3) is 4.65. The van der Waals surface area contributed by atoms with Crippen LogP contribution in [-0.2, 0) is 11.4 Å². The quantitative estimate of drug-likeness (QED) is 0.477. The van der Waals surface area contributed by atoms with Crippen molar-refractivity contribution in [2.24, 2.45) is 0 Å². The van der Waals surface area contributed by atoms with E-state index in [9.17, 15) is 0 Å². The van der Waals surface area contributed by atoms with Gasteiger partial charge in [-0.1, -0.05) is 32.0 Å². The Morgan fingerprint density at radius 2 is 1.72 bits per heavy atom. The molecule has 0 amide bonds. The minimum absolute atomic E-state index is 0.192. The summed E-state index contributed by atoms with van der Waals surface area (Å²) in [6.07, 6.45) is 0.385. The van der Waals surface area contributed by atoms with Gasteiger partial charge in [-0.25, -0.2) is 4.68 Å². The van der Waals surface area contributed by atoms with E-state index >= 15 is 0 Å². The van der Waals surface area contributed by atoms with Crippen LogP contribution in [0.15, 0.2) is 48.5 Å². The lowest BCUT2D eigenvalue weighted by molar-refractivity contribution is -0.0777. The summed E-state index contributed by atoms with van der Waals surface area (Å²) >= 11 is 6.00. The fourth-order valence-corrected chi connectivity index (χ4v) is 4.70. The van der Waals surface area contributed by atoms with Crippen molar-refractivity contribution >= 4 is 12.2 Å². The van der Waals surface area contributed by atoms with Crippen LogP contribution in [0.4, 0.5) is 0 Å². The van der Waals surface area contributed by atoms with Gasteiger partial charge in [0, 0.05) is 18.7 Å². The molecule has 1 fully saturated rings. The van der Waals surface area contributed by atoms with Crippen molar-refractivity contribution in [3.05, 3.63) is 58.9 Å². The molecular formula is C25H32N4O2S. The van der Waals surface area contributed by atoms with Gasteiger partial charge >= 0.3 is 0 Å². The maximum absolute atomic E-state index is 6.00. The molecule has 32 heavy (non-hydrogen) atoms. The van der Waals surface area contributed by atoms with Crippen LogP contribution in [0.25, 0.3) is 17.1 Å². The molecule has 1 aliphatic heterocycles. The molecule has 2 atom stereocenters. The molecule has 0 bridgehead atoms. The zero-order chi connectivity index (χ0) is 22.8. The average molecular weight is 453 g/mol. The van der Waals surface area contributed by atoms with Crippen LogP contribution < -0.4 is 4.74 Å². The van der Waals surface area contributed by atoms with Crippen molar-refractivity contribution in [3.63, 3.8) is 0 Å². The SMILES string of the molecule is COc1ccc(-c2nn(CN3CC(C)OC(C)C3)c(=S)n2-c2ccccc2C(C)C)cc1. The first-order valence-electron chi connectivity index (χ1n) is 11.2. The molecule has 2 unspecified atom stereocenters. The molecule has 0 radical (unpaired) electrons. The van der Waals surface area contributed by atoms with E-state index in [0.29, 0.717) is 17.4 Å². The van der Waals surface area contributed by atoms with Crippen LogP contribution in [0.5, 0.6) is 5.75 Å². The minimum Gasteiger partial charge on any atom is -0.497 e. The summed E-state index contributed by atoms with van der Waals surface area (Å²) in [4.78, 5) is 2.36. The zero-order valence-corrected chi connectivity index (χ0v) is 20.3. The summed E-state index contributed by atoms with van der Waals surface area (Å²) in [5, 5.41) is 5.01. The predicted octanol–water partition coefficient (Wildman–Crippen LogP) is 5.27. The first kappa shape index (κ1) is 22.7. The van der Waals surface area contributed by atoms with Crippen LogP contribution >= 0.6 is 12.2 Å². The summed E-state index contributed by atoms with van der Waals surface area (Å²) in [5.41, 5.74) is 3.32. The number of hydrogen-bond acceptors (Lipinski definition) is 5. The average Bonchev–Trinajstić information content (AvgIpc) is 3.08. The van der Waals surface area contributed by atoms with Crippen molar-refractivity contribution in [1.29, 1.82) is 0 Å². The first-order valence-corrected chi connectivity index (χ1v) is 11.6. The number of morpholine rings is 1. The Bertz CT molecular complexity index is 1110. The van der Waals surface area contributed by atoms with Crippen LogP contribution in [0.3, 0.4) is 0 Å². The van der Waals surface area contributed by atoms with Crippen LogP contribution in [0.1, 0.15) is 39.2 Å². The molecular weight excluding hydrogens is 420 g/mol. The van der Waals surface area contributed by atoms with Crippen molar-refractivity contribution in [3.8, 4) is 22.8 Å². The van der Waals surface area contributed by atoms with Gasteiger partial charge in [-0.2, -0.15) is 0 Å². The lowest BCUT2D eigenvalue weighted by atomic mass is 10.0. The second-order valence-electron chi connectivity index (χ2n) is 8.82. The van der Waals surface area contributed by atoms with E-state index in [4.69, 9.17) is 26.8 Å². The molecule has 6 nitrogen and oxygen atoms in total. The molecule has 170 valence electrons. The van der Waals surface area contributed by atoms with Gasteiger partial charge in [0.25, 0.3) is 0 Å². The Kier molecular flexibility index (Phi) is 6.79. The summed E-state index contributed by atoms with van der Waals surface area (Å²) < 4.78 is 16.0. The molecule has 2 heterocycles. The molecule has 3 aromatic rings. The van der Waals surface area contributed by atoms with Gasteiger partial charge in [-0.05, 0) is 67.9 Å². The summed E-state index contributed by atoms with van der Waals surface area (Å²) in [6, 6.07) is 16.4. The molecule has 4 rings (SSSR count). The Morgan fingerprint density at radius 3 is 2.34 bits per heavy atom. The van der Waals surface area contributed by atoms with Crippen molar-refractivity contribution in [1.82, 2.24) is 19.2 Å². The highest BCUT2D eigenvalue weighted by molar-refractivity contribution is 7.71. The summed E-state index contributed by atoms with van der Waals surface area (Å²) in [5.74, 6) is 2.01. The van der Waals surface area contributed by atoms with Crippen LogP contribution in [0.2, 0.25) is 0 Å². The van der Waals surface area contributed by atoms with E-state index in [-0.39, 0.29) is 12.2 Å². The van der Waals surface area contributed by atoms with Crippen molar-refractivity contribution in [2.75, 3.05) is 20.2 Å². The number of rotatable bonds is 6. The normalized spacial score (nSPS) is 19.4. The third-order valence-electron chi connectivity index (χ3n) is 5.82. The molecule has 1 aromatic heterocycles. The van der Waals surface area contributed by atoms with E-state index in [1.807, 2.05) is 28.9 Å². The van der Waals surface area contributed by atoms with E-state index < -0.39 is 0 Å². The molecule has 1 saturated heterocycles. The highest BCUT2D eigenvalue weighted by atomic mass is 32.1. The third-order valence-corrected chi connectivity index (χ3v) is 6.21. The number of benzene rings is 2. The molecule has 1 aliphatic rings. The van der Waals surface area contributed by atoms with Gasteiger partial charge in [0.05, 0.1) is 31.7 Å². The van der Waals surface area contributed by atoms with Crippen molar-refractivity contribution in [2.45, 2.75) is 52.5 Å². The van der Waals surface area contributed by atoms with Gasteiger partial charge in [0.15, 0.2) is 5.82 Å². The minimum atomic E-state index is 0.192. The van der Waals surface area contributed by atoms with Crippen molar-refractivity contribution < 1.29 is 9.47 Å². The molecule has 0 spiro atoms. The molecule has 0 saturated carbocycles. The topological polar surface area (TPSA) is 44.4 Å². The first-order chi connectivity index (χ1) is 15.4. The number of nitrogens with zero attached hydrogens (tertiary/aromatic N) is 4.